The average Bonchev–Trinajstić information content (AvgIpc) is 2.39. The molecule has 1 aliphatic rings. The van der Waals surface area contributed by atoms with Crippen molar-refractivity contribution in [3.05, 3.63) is 28.8 Å². The highest BCUT2D eigenvalue weighted by molar-refractivity contribution is 6.33. The molecule has 18 heavy (non-hydrogen) atoms. The fraction of sp³-hybridized carbons (Fsp3) is 0.462. The van der Waals surface area contributed by atoms with E-state index in [0.29, 0.717) is 23.7 Å². The lowest BCUT2D eigenvalue weighted by molar-refractivity contribution is -0.0103. The highest BCUT2D eigenvalue weighted by atomic mass is 35.5. The second-order valence-electron chi connectivity index (χ2n) is 4.46. The first-order valence-electron chi connectivity index (χ1n) is 5.89. The Morgan fingerprint density at radius 2 is 2.39 bits per heavy atom. The molecule has 1 fully saturated rings. The van der Waals surface area contributed by atoms with Gasteiger partial charge in [-0.15, -0.1) is 0 Å². The van der Waals surface area contributed by atoms with Gasteiger partial charge in [-0.3, -0.25) is 4.79 Å². The predicted octanol–water partition coefficient (Wildman–Crippen LogP) is 1.74. The number of aliphatic hydroxyl groups is 1. The zero-order valence-corrected chi connectivity index (χ0v) is 10.9. The maximum Gasteiger partial charge on any atom is 0.151 e. The van der Waals surface area contributed by atoms with E-state index in [-0.39, 0.29) is 18.8 Å². The number of halogens is 1. The van der Waals surface area contributed by atoms with Crippen LogP contribution in [0.1, 0.15) is 17.3 Å². The average molecular weight is 270 g/mol. The summed E-state index contributed by atoms with van der Waals surface area (Å²) in [6.45, 7) is 3.24. The molecule has 4 nitrogen and oxygen atoms in total. The van der Waals surface area contributed by atoms with Gasteiger partial charge in [0.15, 0.2) is 6.29 Å². The Kier molecular flexibility index (Phi) is 4.22. The lowest BCUT2D eigenvalue weighted by Gasteiger charge is -2.39. The van der Waals surface area contributed by atoms with Gasteiger partial charge in [0.05, 0.1) is 24.3 Å². The molecule has 2 unspecified atom stereocenters. The molecular formula is C13H16ClNO3. The van der Waals surface area contributed by atoms with Gasteiger partial charge in [0.25, 0.3) is 0 Å². The molecule has 0 aromatic heterocycles. The van der Waals surface area contributed by atoms with Crippen LogP contribution < -0.4 is 4.90 Å². The molecule has 98 valence electrons. The molecular weight excluding hydrogens is 254 g/mol. The molecule has 1 saturated heterocycles. The van der Waals surface area contributed by atoms with Gasteiger partial charge >= 0.3 is 0 Å². The van der Waals surface area contributed by atoms with Gasteiger partial charge in [0, 0.05) is 23.8 Å². The van der Waals surface area contributed by atoms with Crippen LogP contribution in [0.5, 0.6) is 0 Å². The normalized spacial score (nSPS) is 24.1. The van der Waals surface area contributed by atoms with Gasteiger partial charge < -0.3 is 14.7 Å². The first-order valence-corrected chi connectivity index (χ1v) is 6.27. The van der Waals surface area contributed by atoms with Crippen LogP contribution in [0.4, 0.5) is 5.69 Å². The summed E-state index contributed by atoms with van der Waals surface area (Å²) in [5, 5.41) is 9.60. The maximum atomic E-state index is 10.7. The largest absolute Gasteiger partial charge is 0.394 e. The molecule has 2 atom stereocenters. The molecule has 0 aliphatic carbocycles. The van der Waals surface area contributed by atoms with Gasteiger partial charge in [-0.1, -0.05) is 11.6 Å². The Morgan fingerprint density at radius 3 is 3.00 bits per heavy atom. The molecule has 1 N–H and O–H groups in total. The Morgan fingerprint density at radius 1 is 1.61 bits per heavy atom. The monoisotopic (exact) mass is 269 g/mol. The summed E-state index contributed by atoms with van der Waals surface area (Å²) in [5.74, 6) is 0. The highest BCUT2D eigenvalue weighted by Crippen LogP contribution is 2.26. The standard InChI is InChI=1S/C13H16ClNO3/c1-9-8-18-12(7-17)5-15(9)11-3-2-10(6-16)13(14)4-11/h2-4,6,9,12,17H,5,7-8H2,1H3. The third-order valence-electron chi connectivity index (χ3n) is 3.15. The topological polar surface area (TPSA) is 49.8 Å². The Labute approximate surface area is 111 Å². The predicted molar refractivity (Wildman–Crippen MR) is 70.5 cm³/mol. The van der Waals surface area contributed by atoms with E-state index >= 15 is 0 Å². The number of nitrogens with zero attached hydrogens (tertiary/aromatic N) is 1. The van der Waals surface area contributed by atoms with Crippen molar-refractivity contribution < 1.29 is 14.6 Å². The van der Waals surface area contributed by atoms with Crippen molar-refractivity contribution in [1.29, 1.82) is 0 Å². The van der Waals surface area contributed by atoms with E-state index in [1.165, 1.54) is 0 Å². The fourth-order valence-corrected chi connectivity index (χ4v) is 2.30. The molecule has 0 radical (unpaired) electrons. The Bertz CT molecular complexity index is 438. The van der Waals surface area contributed by atoms with Crippen molar-refractivity contribution >= 4 is 23.6 Å². The minimum atomic E-state index is -0.175. The number of hydrogen-bond acceptors (Lipinski definition) is 4. The van der Waals surface area contributed by atoms with Crippen molar-refractivity contribution in [2.75, 3.05) is 24.7 Å². The molecule has 1 heterocycles. The third kappa shape index (κ3) is 2.66. The zero-order chi connectivity index (χ0) is 13.1. The summed E-state index contributed by atoms with van der Waals surface area (Å²) >= 11 is 6.03. The van der Waals surface area contributed by atoms with E-state index in [1.807, 2.05) is 6.07 Å². The van der Waals surface area contributed by atoms with Crippen molar-refractivity contribution in [3.63, 3.8) is 0 Å². The van der Waals surface area contributed by atoms with Crippen LogP contribution in [0.2, 0.25) is 5.02 Å². The van der Waals surface area contributed by atoms with Crippen LogP contribution in [0.25, 0.3) is 0 Å². The summed E-state index contributed by atoms with van der Waals surface area (Å²) in [6, 6.07) is 5.57. The lowest BCUT2D eigenvalue weighted by Crippen LogP contribution is -2.49. The Hall–Kier alpha value is -1.10. The number of rotatable bonds is 3. The molecule has 2 rings (SSSR count). The quantitative estimate of drug-likeness (QED) is 0.850. The van der Waals surface area contributed by atoms with Crippen molar-refractivity contribution in [1.82, 2.24) is 0 Å². The summed E-state index contributed by atoms with van der Waals surface area (Å²) in [6.07, 6.45) is 0.566. The van der Waals surface area contributed by atoms with Crippen LogP contribution in [0.15, 0.2) is 18.2 Å². The molecule has 1 aromatic rings. The van der Waals surface area contributed by atoms with E-state index in [9.17, 15) is 4.79 Å². The van der Waals surface area contributed by atoms with Crippen LogP contribution in [-0.4, -0.2) is 43.3 Å². The number of aldehydes is 1. The maximum absolute atomic E-state index is 10.7. The van der Waals surface area contributed by atoms with E-state index < -0.39 is 0 Å². The molecule has 0 amide bonds. The van der Waals surface area contributed by atoms with Crippen molar-refractivity contribution in [2.45, 2.75) is 19.1 Å². The number of anilines is 1. The van der Waals surface area contributed by atoms with E-state index in [2.05, 4.69) is 11.8 Å². The molecule has 0 spiro atoms. The summed E-state index contributed by atoms with van der Waals surface area (Å²) < 4.78 is 5.49. The van der Waals surface area contributed by atoms with Crippen LogP contribution in [-0.2, 0) is 4.74 Å². The van der Waals surface area contributed by atoms with Crippen LogP contribution in [0.3, 0.4) is 0 Å². The zero-order valence-electron chi connectivity index (χ0n) is 10.2. The number of benzene rings is 1. The fourth-order valence-electron chi connectivity index (χ4n) is 2.08. The smallest absolute Gasteiger partial charge is 0.151 e. The van der Waals surface area contributed by atoms with Crippen LogP contribution >= 0.6 is 11.6 Å². The first-order chi connectivity index (χ1) is 8.65. The minimum absolute atomic E-state index is 0.00335. The third-order valence-corrected chi connectivity index (χ3v) is 3.48. The first kappa shape index (κ1) is 13.3. The molecule has 1 aromatic carbocycles. The number of carbonyl (C=O) groups excluding carboxylic acids is 1. The summed E-state index contributed by atoms with van der Waals surface area (Å²) in [5.41, 5.74) is 1.43. The molecule has 0 bridgehead atoms. The minimum Gasteiger partial charge on any atom is -0.394 e. The van der Waals surface area contributed by atoms with Crippen molar-refractivity contribution in [2.24, 2.45) is 0 Å². The molecule has 0 saturated carbocycles. The van der Waals surface area contributed by atoms with Gasteiger partial charge in [0.2, 0.25) is 0 Å². The van der Waals surface area contributed by atoms with E-state index in [1.54, 1.807) is 12.1 Å². The van der Waals surface area contributed by atoms with Gasteiger partial charge in [-0.05, 0) is 25.1 Å². The highest BCUT2D eigenvalue weighted by Gasteiger charge is 2.26. The van der Waals surface area contributed by atoms with Gasteiger partial charge in [0.1, 0.15) is 0 Å². The number of morpholine rings is 1. The van der Waals surface area contributed by atoms with Crippen LogP contribution in [0, 0.1) is 0 Å². The number of ether oxygens (including phenoxy) is 1. The van der Waals surface area contributed by atoms with Gasteiger partial charge in [-0.2, -0.15) is 0 Å². The Balaban J connectivity index is 2.23. The number of aliphatic hydroxyl groups excluding tert-OH is 1. The lowest BCUT2D eigenvalue weighted by atomic mass is 10.1. The summed E-state index contributed by atoms with van der Waals surface area (Å²) in [4.78, 5) is 12.9. The second-order valence-corrected chi connectivity index (χ2v) is 4.87. The van der Waals surface area contributed by atoms with Gasteiger partial charge in [-0.25, -0.2) is 0 Å². The van der Waals surface area contributed by atoms with E-state index in [4.69, 9.17) is 21.4 Å². The number of carbonyl (C=O) groups is 1. The van der Waals surface area contributed by atoms with Crippen molar-refractivity contribution in [3.8, 4) is 0 Å². The van der Waals surface area contributed by atoms with E-state index in [0.717, 1.165) is 12.0 Å². The molecule has 5 heteroatoms. The second kappa shape index (κ2) is 5.69. The molecule has 1 aliphatic heterocycles. The SMILES string of the molecule is CC1COC(CO)CN1c1ccc(C=O)c(Cl)c1. The summed E-state index contributed by atoms with van der Waals surface area (Å²) in [7, 11) is 0. The number of hydrogen-bond donors (Lipinski definition) is 1.